The van der Waals surface area contributed by atoms with Crippen molar-refractivity contribution >= 4 is 7.25 Å². The lowest BCUT2D eigenvalue weighted by atomic mass is 10.0. The van der Waals surface area contributed by atoms with E-state index in [1.54, 1.807) is 0 Å². The largest absolute Gasteiger partial charge is 0.673 e. The highest BCUT2D eigenvalue weighted by Gasteiger charge is 2.30. The number of nitrogens with zero attached hydrogens (tertiary/aromatic N) is 1. The van der Waals surface area contributed by atoms with Crippen molar-refractivity contribution in [3.05, 3.63) is 65.0 Å². The highest BCUT2D eigenvalue weighted by atomic mass is 19.5. The third-order valence-corrected chi connectivity index (χ3v) is 4.58. The average Bonchev–Trinajstić information content (AvgIpc) is 2.67. The van der Waals surface area contributed by atoms with Gasteiger partial charge in [-0.3, -0.25) is 0 Å². The van der Waals surface area contributed by atoms with Crippen LogP contribution in [0.2, 0.25) is 0 Å². The molecule has 1 aliphatic heterocycles. The van der Waals surface area contributed by atoms with Gasteiger partial charge in [0.15, 0.2) is 0 Å². The number of alkyl halides is 3. The van der Waals surface area contributed by atoms with E-state index in [1.807, 2.05) is 25.1 Å². The lowest BCUT2D eigenvalue weighted by molar-refractivity contribution is -0.137. The highest BCUT2D eigenvalue weighted by molar-refractivity contribution is 6.50. The van der Waals surface area contributed by atoms with Crippen LogP contribution in [0, 0.1) is 6.92 Å². The fraction of sp³-hybridized carbons (Fsp3) is 0.286. The maximum absolute atomic E-state index is 12.8. The lowest BCUT2D eigenvalue weighted by Crippen LogP contribution is -2.29. The quantitative estimate of drug-likeness (QED) is 0.255. The Morgan fingerprint density at radius 1 is 0.839 bits per heavy atom. The third-order valence-electron chi connectivity index (χ3n) is 4.58. The second-order valence-electron chi connectivity index (χ2n) is 6.72. The smallest absolute Gasteiger partial charge is 0.456 e. The summed E-state index contributed by atoms with van der Waals surface area (Å²) in [5.41, 5.74) is 1.97. The van der Waals surface area contributed by atoms with Crippen LogP contribution in [-0.2, 0) is 6.18 Å². The molecule has 2 aliphatic rings. The van der Waals surface area contributed by atoms with E-state index in [-0.39, 0.29) is 0 Å². The van der Waals surface area contributed by atoms with Crippen LogP contribution in [0.4, 0.5) is 30.4 Å². The molecular formula is C21H21BF7NO. The Hall–Kier alpha value is -2.78. The van der Waals surface area contributed by atoms with Crippen LogP contribution < -0.4 is 9.93 Å². The van der Waals surface area contributed by atoms with Crippen LogP contribution in [-0.4, -0.2) is 20.3 Å². The van der Waals surface area contributed by atoms with Crippen molar-refractivity contribution in [1.29, 1.82) is 0 Å². The minimum absolute atomic E-state index is 0.556. The summed E-state index contributed by atoms with van der Waals surface area (Å²) >= 11 is 0. The van der Waals surface area contributed by atoms with Crippen molar-refractivity contribution in [3.8, 4) is 22.6 Å². The number of hydrogen-bond donors (Lipinski definition) is 0. The zero-order chi connectivity index (χ0) is 23.4. The highest BCUT2D eigenvalue weighted by Crippen LogP contribution is 2.34. The first-order valence-corrected chi connectivity index (χ1v) is 9.51. The topological polar surface area (TPSA) is 16.1 Å². The van der Waals surface area contributed by atoms with Crippen LogP contribution in [0.3, 0.4) is 0 Å². The predicted molar refractivity (Wildman–Crippen MR) is 107 cm³/mol. The van der Waals surface area contributed by atoms with E-state index in [0.717, 1.165) is 47.5 Å². The Morgan fingerprint density at radius 2 is 1.39 bits per heavy atom. The van der Waals surface area contributed by atoms with Crippen molar-refractivity contribution in [3.63, 3.8) is 0 Å². The molecule has 168 valence electrons. The Morgan fingerprint density at radius 3 is 1.87 bits per heavy atom. The third kappa shape index (κ3) is 6.87. The van der Waals surface area contributed by atoms with Gasteiger partial charge in [-0.25, -0.2) is 4.58 Å². The molecule has 0 bridgehead atoms. The van der Waals surface area contributed by atoms with Crippen molar-refractivity contribution in [2.24, 2.45) is 0 Å². The van der Waals surface area contributed by atoms with Crippen LogP contribution >= 0.6 is 0 Å². The normalized spacial score (nSPS) is 11.8. The van der Waals surface area contributed by atoms with Gasteiger partial charge in [-0.05, 0) is 50.6 Å². The van der Waals surface area contributed by atoms with Gasteiger partial charge in [0.2, 0.25) is 5.36 Å². The monoisotopic (exact) mass is 447 g/mol. The molecule has 1 heterocycles. The van der Waals surface area contributed by atoms with Crippen LogP contribution in [0.25, 0.3) is 22.6 Å². The van der Waals surface area contributed by atoms with Gasteiger partial charge in [0.1, 0.15) is 24.6 Å². The first kappa shape index (κ1) is 24.5. The lowest BCUT2D eigenvalue weighted by Gasteiger charge is -2.12. The predicted octanol–water partition coefficient (Wildman–Crippen LogP) is 6.49. The second kappa shape index (κ2) is 9.57. The van der Waals surface area contributed by atoms with Crippen LogP contribution in [0.1, 0.15) is 25.0 Å². The summed E-state index contributed by atoms with van der Waals surface area (Å²) < 4.78 is 85.5. The number of fused-ring (bicyclic) bond motifs is 1. The molecule has 2 nitrogen and oxygen atoms in total. The fourth-order valence-corrected chi connectivity index (χ4v) is 3.09. The number of aryl methyl sites for hydroxylation is 1. The second-order valence-corrected chi connectivity index (χ2v) is 6.72. The van der Waals surface area contributed by atoms with Gasteiger partial charge < -0.3 is 21.7 Å². The Balaban J connectivity index is 0.000000614. The van der Waals surface area contributed by atoms with Crippen molar-refractivity contribution in [2.45, 2.75) is 26.9 Å². The van der Waals surface area contributed by atoms with E-state index >= 15 is 0 Å². The van der Waals surface area contributed by atoms with Gasteiger partial charge in [-0.15, -0.1) is 0 Å². The first-order chi connectivity index (χ1) is 14.3. The van der Waals surface area contributed by atoms with E-state index in [9.17, 15) is 30.4 Å². The van der Waals surface area contributed by atoms with E-state index < -0.39 is 19.0 Å². The molecule has 10 heteroatoms. The molecule has 3 rings (SSSR count). The standard InChI is InChI=1S/C21H21F3NO.BF4/c1-4-25(5-2)17-10-11-18-14(3)12-19(26-20(18)13-17)15-6-8-16(9-7-15)21(22,23)24;2-1(3,4)5/h6-13H,4-5H2,1-3H3;/q+1;-1. The molecule has 1 aliphatic carbocycles. The van der Waals surface area contributed by atoms with E-state index in [1.165, 1.54) is 12.1 Å². The summed E-state index contributed by atoms with van der Waals surface area (Å²) in [6, 6.07) is 13.0. The Labute approximate surface area is 175 Å². The van der Waals surface area contributed by atoms with Gasteiger partial charge in [-0.2, -0.15) is 13.2 Å². The van der Waals surface area contributed by atoms with Gasteiger partial charge in [0.25, 0.3) is 0 Å². The minimum atomic E-state index is -6.00. The zero-order valence-corrected chi connectivity index (χ0v) is 17.1. The van der Waals surface area contributed by atoms with Crippen LogP contribution in [0.15, 0.2) is 52.9 Å². The number of rotatable bonds is 3. The molecule has 0 saturated carbocycles. The molecule has 0 spiro atoms. The maximum atomic E-state index is 12.8. The van der Waals surface area contributed by atoms with Gasteiger partial charge in [-0.1, -0.05) is 12.1 Å². The fourth-order valence-electron chi connectivity index (χ4n) is 3.09. The Bertz CT molecular complexity index is 1040. The molecular weight excluding hydrogens is 426 g/mol. The SMILES string of the molecule is CC[N+](CC)=c1ccc2c(C)cc(-c3ccc(C(F)(F)F)cc3)oc-2c1.F[B-](F)(F)F. The van der Waals surface area contributed by atoms with Crippen molar-refractivity contribution in [1.82, 2.24) is 4.58 Å². The molecule has 0 unspecified atom stereocenters. The van der Waals surface area contributed by atoms with Gasteiger partial charge in [0, 0.05) is 17.2 Å². The first-order valence-electron chi connectivity index (χ1n) is 9.51. The van der Waals surface area contributed by atoms with Crippen molar-refractivity contribution in [2.75, 3.05) is 13.1 Å². The summed E-state index contributed by atoms with van der Waals surface area (Å²) in [7, 11) is -6.00. The summed E-state index contributed by atoms with van der Waals surface area (Å²) in [4.78, 5) is 0. The minimum Gasteiger partial charge on any atom is -0.456 e. The molecule has 0 N–H and O–H groups in total. The summed E-state index contributed by atoms with van der Waals surface area (Å²) in [5.74, 6) is 1.28. The molecule has 0 fully saturated rings. The molecule has 1 aromatic rings. The van der Waals surface area contributed by atoms with Gasteiger partial charge in [0.05, 0.1) is 11.6 Å². The van der Waals surface area contributed by atoms with E-state index in [2.05, 4.69) is 24.5 Å². The molecule has 0 aromatic heterocycles. The maximum Gasteiger partial charge on any atom is 0.673 e. The van der Waals surface area contributed by atoms with Gasteiger partial charge >= 0.3 is 13.4 Å². The van der Waals surface area contributed by atoms with Crippen molar-refractivity contribution < 1.29 is 34.9 Å². The zero-order valence-electron chi connectivity index (χ0n) is 17.1. The summed E-state index contributed by atoms with van der Waals surface area (Å²) in [5, 5.41) is 1.07. The number of halogens is 7. The average molecular weight is 447 g/mol. The van der Waals surface area contributed by atoms with E-state index in [4.69, 9.17) is 4.42 Å². The van der Waals surface area contributed by atoms with Crippen LogP contribution in [0.5, 0.6) is 0 Å². The number of benzene rings is 2. The number of hydrogen-bond acceptors (Lipinski definition) is 1. The summed E-state index contributed by atoms with van der Waals surface area (Å²) in [6.45, 7) is 7.94. The molecule has 0 amide bonds. The molecule has 0 saturated heterocycles. The Kier molecular flexibility index (Phi) is 7.56. The molecule has 31 heavy (non-hydrogen) atoms. The van der Waals surface area contributed by atoms with E-state index in [0.29, 0.717) is 11.3 Å². The summed E-state index contributed by atoms with van der Waals surface area (Å²) in [6.07, 6.45) is -4.34. The molecule has 0 atom stereocenters. The molecule has 0 radical (unpaired) electrons. The molecule has 1 aromatic carbocycles.